The monoisotopic (exact) mass is 516 g/mol. The third-order valence-electron chi connectivity index (χ3n) is 6.92. The number of halogens is 3. The van der Waals surface area contributed by atoms with Gasteiger partial charge in [0.25, 0.3) is 0 Å². The van der Waals surface area contributed by atoms with Gasteiger partial charge < -0.3 is 15.3 Å². The van der Waals surface area contributed by atoms with E-state index in [-0.39, 0.29) is 36.0 Å². The molecule has 2 aromatic heterocycles. The Morgan fingerprint density at radius 1 is 1.37 bits per heavy atom. The van der Waals surface area contributed by atoms with E-state index in [4.69, 9.17) is 11.6 Å². The van der Waals surface area contributed by atoms with Gasteiger partial charge >= 0.3 is 5.97 Å². The molecule has 4 rings (SSSR count). The van der Waals surface area contributed by atoms with Crippen LogP contribution in [-0.4, -0.2) is 54.2 Å². The van der Waals surface area contributed by atoms with E-state index in [1.54, 1.807) is 23.7 Å². The van der Waals surface area contributed by atoms with Crippen LogP contribution in [0.1, 0.15) is 31.0 Å². The summed E-state index contributed by atoms with van der Waals surface area (Å²) in [6, 6.07) is 7.49. The van der Waals surface area contributed by atoms with Gasteiger partial charge in [-0.05, 0) is 55.4 Å². The van der Waals surface area contributed by atoms with Crippen LogP contribution in [0.15, 0.2) is 41.9 Å². The lowest BCUT2D eigenvalue weighted by molar-refractivity contribution is -0.154. The zero-order chi connectivity index (χ0) is 25.4. The van der Waals surface area contributed by atoms with E-state index < -0.39 is 28.4 Å². The smallest absolute Gasteiger partial charge is 0.310 e. The van der Waals surface area contributed by atoms with Crippen LogP contribution in [0.3, 0.4) is 0 Å². The summed E-state index contributed by atoms with van der Waals surface area (Å²) in [5.41, 5.74) is -0.657. The molecule has 3 aromatic rings. The predicted octanol–water partition coefficient (Wildman–Crippen LogP) is 3.39. The summed E-state index contributed by atoms with van der Waals surface area (Å²) in [6.07, 6.45) is 2.12. The predicted molar refractivity (Wildman–Crippen MR) is 139 cm³/mol. The molecule has 0 radical (unpaired) electrons. The van der Waals surface area contributed by atoms with Crippen LogP contribution in [0.4, 0.5) is 19.7 Å². The highest BCUT2D eigenvalue weighted by Gasteiger charge is 2.48. The molecule has 6 nitrogen and oxygen atoms in total. The summed E-state index contributed by atoms with van der Waals surface area (Å²) in [5, 5.41) is 15.0. The van der Waals surface area contributed by atoms with Crippen molar-refractivity contribution in [3.63, 3.8) is 0 Å². The summed E-state index contributed by atoms with van der Waals surface area (Å²) in [5.74, 6) is -1.61. The molecule has 1 aliphatic heterocycles. The number of carboxylic acids is 1. The summed E-state index contributed by atoms with van der Waals surface area (Å²) in [7, 11) is 3.81. The fourth-order valence-corrected chi connectivity index (χ4v) is 5.83. The molecule has 0 bridgehead atoms. The molecule has 35 heavy (non-hydrogen) atoms. The number of likely N-dealkylation sites (tertiary alicyclic amines) is 1. The minimum Gasteiger partial charge on any atom is -0.481 e. The van der Waals surface area contributed by atoms with Crippen LogP contribution >= 0.6 is 22.9 Å². The number of piperidine rings is 1. The van der Waals surface area contributed by atoms with Gasteiger partial charge in [0.05, 0.1) is 16.1 Å². The Labute approximate surface area is 213 Å². The Morgan fingerprint density at radius 3 is 2.80 bits per heavy atom. The number of aliphatic carboxylic acids is 1. The van der Waals surface area contributed by atoms with E-state index in [2.05, 4.69) is 20.2 Å². The summed E-state index contributed by atoms with van der Waals surface area (Å²) >= 11 is 7.40. The molecule has 1 aliphatic rings. The second-order valence-corrected chi connectivity index (χ2v) is 10.8. The molecular weight excluding hydrogens is 491 g/mol. The van der Waals surface area contributed by atoms with Crippen molar-refractivity contribution in [3.05, 3.63) is 69.8 Å². The van der Waals surface area contributed by atoms with Crippen molar-refractivity contribution >= 4 is 55.5 Å². The highest BCUT2D eigenvalue weighted by atomic mass is 35.5. The van der Waals surface area contributed by atoms with Gasteiger partial charge in [0.2, 0.25) is 0 Å². The molecule has 2 unspecified atom stereocenters. The maximum Gasteiger partial charge on any atom is 0.310 e. The fourth-order valence-electron chi connectivity index (χ4n) is 5.12. The van der Waals surface area contributed by atoms with E-state index >= 15 is 0 Å². The number of hydrogen-bond acceptors (Lipinski definition) is 6. The third-order valence-corrected chi connectivity index (χ3v) is 7.90. The van der Waals surface area contributed by atoms with Gasteiger partial charge in [0.1, 0.15) is 33.1 Å². The third kappa shape index (κ3) is 5.08. The van der Waals surface area contributed by atoms with E-state index in [1.165, 1.54) is 29.5 Å². The number of carboxylic acid groups (broad SMARTS) is 1. The van der Waals surface area contributed by atoms with Gasteiger partial charge in [-0.3, -0.25) is 4.79 Å². The zero-order valence-corrected chi connectivity index (χ0v) is 21.3. The molecular formula is C23H25B2ClF2N4O2S. The SMILES string of the molecule is BC(B)(c1cccc(Cl)c1F)N1CCC(Cc2nc(Nc3nccs3)ccc2F)(C(=O)O)CC1C. The van der Waals surface area contributed by atoms with Gasteiger partial charge in [-0.2, -0.15) is 0 Å². The van der Waals surface area contributed by atoms with Gasteiger partial charge in [0.15, 0.2) is 5.13 Å². The Kier molecular flexibility index (Phi) is 7.22. The number of carbonyl (C=O) groups is 1. The molecule has 12 heteroatoms. The van der Waals surface area contributed by atoms with Crippen molar-refractivity contribution in [2.24, 2.45) is 5.41 Å². The minimum absolute atomic E-state index is 0.0490. The Hall–Kier alpha value is -2.49. The van der Waals surface area contributed by atoms with Crippen LogP contribution < -0.4 is 5.32 Å². The molecule has 1 aromatic carbocycles. The Morgan fingerprint density at radius 2 is 2.14 bits per heavy atom. The number of pyridine rings is 1. The highest BCUT2D eigenvalue weighted by Crippen LogP contribution is 2.42. The van der Waals surface area contributed by atoms with Crippen LogP contribution in [-0.2, 0) is 16.6 Å². The number of benzene rings is 1. The average Bonchev–Trinajstić information content (AvgIpc) is 3.30. The van der Waals surface area contributed by atoms with Gasteiger partial charge in [-0.15, -0.1) is 11.3 Å². The van der Waals surface area contributed by atoms with Crippen LogP contribution in [0, 0.1) is 17.0 Å². The van der Waals surface area contributed by atoms with E-state index in [9.17, 15) is 18.7 Å². The summed E-state index contributed by atoms with van der Waals surface area (Å²) in [6.45, 7) is 2.32. The first-order valence-electron chi connectivity index (χ1n) is 11.3. The largest absolute Gasteiger partial charge is 0.481 e. The van der Waals surface area contributed by atoms with Crippen molar-refractivity contribution in [1.29, 1.82) is 0 Å². The number of rotatable bonds is 7. The number of hydrogen-bond donors (Lipinski definition) is 2. The number of nitrogens with zero attached hydrogens (tertiary/aromatic N) is 3. The van der Waals surface area contributed by atoms with E-state index in [0.29, 0.717) is 23.1 Å². The molecule has 182 valence electrons. The second kappa shape index (κ2) is 9.87. The number of nitrogens with one attached hydrogen (secondary N) is 1. The van der Waals surface area contributed by atoms with Crippen LogP contribution in [0.25, 0.3) is 0 Å². The quantitative estimate of drug-likeness (QED) is 0.469. The molecule has 1 fully saturated rings. The molecule has 1 saturated heterocycles. The molecule has 0 aliphatic carbocycles. The second-order valence-electron chi connectivity index (χ2n) is 9.51. The van der Waals surface area contributed by atoms with Crippen molar-refractivity contribution in [2.75, 3.05) is 11.9 Å². The maximum atomic E-state index is 14.9. The normalized spacial score (nSPS) is 21.1. The van der Waals surface area contributed by atoms with Crippen LogP contribution in [0.5, 0.6) is 0 Å². The molecule has 2 atom stereocenters. The van der Waals surface area contributed by atoms with E-state index in [1.807, 2.05) is 22.6 Å². The first-order valence-corrected chi connectivity index (χ1v) is 12.6. The molecule has 0 saturated carbocycles. The number of anilines is 2. The minimum atomic E-state index is -1.20. The lowest BCUT2D eigenvalue weighted by Gasteiger charge is -2.51. The van der Waals surface area contributed by atoms with Gasteiger partial charge in [-0.1, -0.05) is 23.7 Å². The standard InChI is InChI=1S/C23H25B2ClF2N4O2S/c1-13-11-22(20(33)34,7-9-32(13)23(24,25)14-3-2-4-15(26)19(14)28)12-17-16(27)5-6-18(30-17)31-21-29-8-10-35-21/h2-6,8,10,13H,7,9,11-12,24-25H2,1H3,(H,33,34)(H,29,30,31). The average molecular weight is 517 g/mol. The number of thiazole rings is 1. The Balaban J connectivity index is 1.58. The lowest BCUT2D eigenvalue weighted by atomic mass is 9.55. The molecule has 3 heterocycles. The summed E-state index contributed by atoms with van der Waals surface area (Å²) < 4.78 is 29.6. The fraction of sp³-hybridized carbons (Fsp3) is 0.348. The van der Waals surface area contributed by atoms with Crippen molar-refractivity contribution in [1.82, 2.24) is 14.9 Å². The number of aromatic nitrogens is 2. The lowest BCUT2D eigenvalue weighted by Crippen LogP contribution is -2.59. The van der Waals surface area contributed by atoms with Gasteiger partial charge in [-0.25, -0.2) is 18.7 Å². The topological polar surface area (TPSA) is 78.4 Å². The van der Waals surface area contributed by atoms with Crippen LogP contribution in [0.2, 0.25) is 5.02 Å². The molecule has 0 amide bonds. The van der Waals surface area contributed by atoms with E-state index in [0.717, 1.165) is 0 Å². The van der Waals surface area contributed by atoms with Gasteiger partial charge in [0, 0.05) is 24.0 Å². The van der Waals surface area contributed by atoms with Crippen molar-refractivity contribution in [2.45, 2.75) is 37.6 Å². The van der Waals surface area contributed by atoms with Crippen molar-refractivity contribution in [3.8, 4) is 0 Å². The first-order chi connectivity index (χ1) is 16.5. The zero-order valence-electron chi connectivity index (χ0n) is 19.7. The Bertz CT molecular complexity index is 1230. The highest BCUT2D eigenvalue weighted by molar-refractivity contribution is 7.13. The molecule has 2 N–H and O–H groups in total. The molecule has 0 spiro atoms. The maximum absolute atomic E-state index is 14.9. The summed E-state index contributed by atoms with van der Waals surface area (Å²) in [4.78, 5) is 23.1. The van der Waals surface area contributed by atoms with Crippen molar-refractivity contribution < 1.29 is 18.7 Å². The first kappa shape index (κ1) is 25.6.